The molecular formula is C14H16FN3O2. The Labute approximate surface area is 116 Å². The van der Waals surface area contributed by atoms with E-state index in [2.05, 4.69) is 9.97 Å². The summed E-state index contributed by atoms with van der Waals surface area (Å²) in [4.78, 5) is 21.5. The smallest absolute Gasteiger partial charge is 0.310 e. The molecule has 1 atom stereocenters. The molecule has 2 rings (SSSR count). The molecule has 0 fully saturated rings. The van der Waals surface area contributed by atoms with Crippen molar-refractivity contribution in [1.82, 2.24) is 9.97 Å². The van der Waals surface area contributed by atoms with Crippen LogP contribution in [0.4, 0.5) is 10.2 Å². The Morgan fingerprint density at radius 1 is 1.45 bits per heavy atom. The van der Waals surface area contributed by atoms with Gasteiger partial charge in [0.05, 0.1) is 18.5 Å². The van der Waals surface area contributed by atoms with Gasteiger partial charge in [0.25, 0.3) is 0 Å². The highest BCUT2D eigenvalue weighted by atomic mass is 19.1. The van der Waals surface area contributed by atoms with Crippen LogP contribution in [0.15, 0.2) is 24.5 Å². The molecule has 0 N–H and O–H groups in total. The van der Waals surface area contributed by atoms with E-state index in [0.717, 1.165) is 0 Å². The fraction of sp³-hybridized carbons (Fsp3) is 0.357. The topological polar surface area (TPSA) is 55.3 Å². The van der Waals surface area contributed by atoms with Gasteiger partial charge >= 0.3 is 5.97 Å². The Kier molecular flexibility index (Phi) is 4.12. The van der Waals surface area contributed by atoms with Crippen molar-refractivity contribution in [2.24, 2.45) is 5.92 Å². The summed E-state index contributed by atoms with van der Waals surface area (Å²) < 4.78 is 18.1. The molecule has 0 aliphatic carbocycles. The van der Waals surface area contributed by atoms with E-state index in [4.69, 9.17) is 4.74 Å². The number of carbonyl (C=O) groups is 1. The fourth-order valence-corrected chi connectivity index (χ4v) is 2.09. The molecular weight excluding hydrogens is 261 g/mol. The zero-order valence-corrected chi connectivity index (χ0v) is 11.6. The van der Waals surface area contributed by atoms with Crippen LogP contribution in [-0.2, 0) is 9.53 Å². The van der Waals surface area contributed by atoms with Crippen LogP contribution in [0.25, 0.3) is 10.9 Å². The molecule has 5 nitrogen and oxygen atoms in total. The van der Waals surface area contributed by atoms with Gasteiger partial charge in [0.1, 0.15) is 18.0 Å². The molecule has 2 aromatic rings. The lowest BCUT2D eigenvalue weighted by atomic mass is 10.1. The monoisotopic (exact) mass is 277 g/mol. The SMILES string of the molecule is COC(=O)C(C)CN(C)c1ncnc2ccc(F)cc12. The van der Waals surface area contributed by atoms with E-state index < -0.39 is 0 Å². The number of fused-ring (bicyclic) bond motifs is 1. The zero-order valence-electron chi connectivity index (χ0n) is 11.6. The Balaban J connectivity index is 2.32. The maximum atomic E-state index is 13.4. The number of halogens is 1. The first-order valence-corrected chi connectivity index (χ1v) is 6.22. The van der Waals surface area contributed by atoms with E-state index in [1.54, 1.807) is 24.9 Å². The Morgan fingerprint density at radius 2 is 2.20 bits per heavy atom. The van der Waals surface area contributed by atoms with Gasteiger partial charge in [-0.2, -0.15) is 0 Å². The number of benzene rings is 1. The van der Waals surface area contributed by atoms with Crippen molar-refractivity contribution in [3.05, 3.63) is 30.3 Å². The average Bonchev–Trinajstić information content (AvgIpc) is 2.45. The zero-order chi connectivity index (χ0) is 14.7. The van der Waals surface area contributed by atoms with Crippen molar-refractivity contribution < 1.29 is 13.9 Å². The number of esters is 1. The summed E-state index contributed by atoms with van der Waals surface area (Å²) in [6, 6.07) is 4.35. The van der Waals surface area contributed by atoms with Crippen LogP contribution in [-0.4, -0.2) is 36.6 Å². The molecule has 0 aliphatic heterocycles. The number of rotatable bonds is 4. The van der Waals surface area contributed by atoms with E-state index in [1.807, 2.05) is 0 Å². The first-order valence-electron chi connectivity index (χ1n) is 6.22. The first kappa shape index (κ1) is 14.2. The fourth-order valence-electron chi connectivity index (χ4n) is 2.09. The van der Waals surface area contributed by atoms with Crippen molar-refractivity contribution in [2.45, 2.75) is 6.92 Å². The normalized spacial score (nSPS) is 12.2. The lowest BCUT2D eigenvalue weighted by molar-refractivity contribution is -0.144. The largest absolute Gasteiger partial charge is 0.469 e. The number of hydrogen-bond donors (Lipinski definition) is 0. The maximum absolute atomic E-state index is 13.4. The van der Waals surface area contributed by atoms with Gasteiger partial charge in [-0.15, -0.1) is 0 Å². The minimum atomic E-state index is -0.344. The minimum absolute atomic E-state index is 0.290. The van der Waals surface area contributed by atoms with E-state index >= 15 is 0 Å². The van der Waals surface area contributed by atoms with Crippen molar-refractivity contribution in [2.75, 3.05) is 25.6 Å². The second-order valence-electron chi connectivity index (χ2n) is 4.66. The van der Waals surface area contributed by atoms with Crippen LogP contribution >= 0.6 is 0 Å². The Morgan fingerprint density at radius 3 is 2.90 bits per heavy atom. The number of hydrogen-bond acceptors (Lipinski definition) is 5. The van der Waals surface area contributed by atoms with Crippen LogP contribution in [0, 0.1) is 11.7 Å². The summed E-state index contributed by atoms with van der Waals surface area (Å²) in [6.45, 7) is 2.20. The molecule has 1 aromatic heterocycles. The molecule has 0 saturated heterocycles. The molecule has 0 bridgehead atoms. The number of ether oxygens (including phenoxy) is 1. The van der Waals surface area contributed by atoms with Gasteiger partial charge in [0.2, 0.25) is 0 Å². The van der Waals surface area contributed by atoms with Gasteiger partial charge in [0, 0.05) is 19.0 Å². The molecule has 0 saturated carbocycles. The average molecular weight is 277 g/mol. The van der Waals surface area contributed by atoms with Crippen LogP contribution in [0.3, 0.4) is 0 Å². The molecule has 1 aromatic carbocycles. The van der Waals surface area contributed by atoms with E-state index in [1.165, 1.54) is 25.6 Å². The van der Waals surface area contributed by atoms with E-state index in [0.29, 0.717) is 23.3 Å². The summed E-state index contributed by atoms with van der Waals surface area (Å²) in [5.41, 5.74) is 0.661. The molecule has 1 heterocycles. The third kappa shape index (κ3) is 2.84. The van der Waals surface area contributed by atoms with Gasteiger partial charge in [-0.1, -0.05) is 6.92 Å². The van der Waals surface area contributed by atoms with Gasteiger partial charge in [-0.05, 0) is 18.2 Å². The van der Waals surface area contributed by atoms with E-state index in [-0.39, 0.29) is 17.7 Å². The lowest BCUT2D eigenvalue weighted by Gasteiger charge is -2.22. The second-order valence-corrected chi connectivity index (χ2v) is 4.66. The van der Waals surface area contributed by atoms with Crippen molar-refractivity contribution in [3.63, 3.8) is 0 Å². The predicted molar refractivity (Wildman–Crippen MR) is 73.9 cm³/mol. The molecule has 0 aliphatic rings. The maximum Gasteiger partial charge on any atom is 0.310 e. The van der Waals surface area contributed by atoms with Crippen LogP contribution in [0.1, 0.15) is 6.92 Å². The second kappa shape index (κ2) is 5.81. The highest BCUT2D eigenvalue weighted by Crippen LogP contribution is 2.23. The quantitative estimate of drug-likeness (QED) is 0.800. The number of nitrogens with zero attached hydrogens (tertiary/aromatic N) is 3. The van der Waals surface area contributed by atoms with Crippen molar-refractivity contribution in [1.29, 1.82) is 0 Å². The molecule has 0 spiro atoms. The predicted octanol–water partition coefficient (Wildman–Crippen LogP) is 2.01. The Hall–Kier alpha value is -2.24. The van der Waals surface area contributed by atoms with Gasteiger partial charge < -0.3 is 9.64 Å². The highest BCUT2D eigenvalue weighted by molar-refractivity contribution is 5.89. The van der Waals surface area contributed by atoms with E-state index in [9.17, 15) is 9.18 Å². The number of methoxy groups -OCH3 is 1. The van der Waals surface area contributed by atoms with Gasteiger partial charge in [0.15, 0.2) is 0 Å². The van der Waals surface area contributed by atoms with Gasteiger partial charge in [-0.3, -0.25) is 4.79 Å². The lowest BCUT2D eigenvalue weighted by Crippen LogP contribution is -2.30. The molecule has 6 heteroatoms. The summed E-state index contributed by atoms with van der Waals surface area (Å²) in [5, 5.41) is 0.618. The summed E-state index contributed by atoms with van der Waals surface area (Å²) >= 11 is 0. The van der Waals surface area contributed by atoms with Gasteiger partial charge in [-0.25, -0.2) is 14.4 Å². The standard InChI is InChI=1S/C14H16FN3O2/c1-9(14(19)20-3)7-18(2)13-11-6-10(15)4-5-12(11)16-8-17-13/h4-6,8-9H,7H2,1-3H3. The molecule has 0 amide bonds. The first-order chi connectivity index (χ1) is 9.52. The summed E-state index contributed by atoms with van der Waals surface area (Å²) in [5.74, 6) is -0.349. The number of aromatic nitrogens is 2. The summed E-state index contributed by atoms with van der Waals surface area (Å²) in [6.07, 6.45) is 1.43. The van der Waals surface area contributed by atoms with Crippen LogP contribution in [0.5, 0.6) is 0 Å². The highest BCUT2D eigenvalue weighted by Gasteiger charge is 2.18. The third-order valence-corrected chi connectivity index (χ3v) is 3.09. The van der Waals surface area contributed by atoms with Crippen LogP contribution in [0.2, 0.25) is 0 Å². The van der Waals surface area contributed by atoms with Crippen molar-refractivity contribution >= 4 is 22.7 Å². The summed E-state index contributed by atoms with van der Waals surface area (Å²) in [7, 11) is 3.15. The third-order valence-electron chi connectivity index (χ3n) is 3.09. The number of carbonyl (C=O) groups excluding carboxylic acids is 1. The number of anilines is 1. The molecule has 0 radical (unpaired) electrons. The van der Waals surface area contributed by atoms with Crippen LogP contribution < -0.4 is 4.90 Å². The minimum Gasteiger partial charge on any atom is -0.469 e. The molecule has 106 valence electrons. The molecule has 1 unspecified atom stereocenters. The Bertz CT molecular complexity index is 633. The molecule has 20 heavy (non-hydrogen) atoms. The van der Waals surface area contributed by atoms with Crippen molar-refractivity contribution in [3.8, 4) is 0 Å².